The van der Waals surface area contributed by atoms with E-state index in [1.165, 1.54) is 50.5 Å². The van der Waals surface area contributed by atoms with Gasteiger partial charge in [-0.05, 0) is 36.9 Å². The minimum Gasteiger partial charge on any atom is -0.310 e. The normalized spacial score (nSPS) is 18.7. The molecule has 1 atom stereocenters. The first-order chi connectivity index (χ1) is 8.90. The molecule has 0 spiro atoms. The average Bonchev–Trinajstić information content (AvgIpc) is 2.45. The van der Waals surface area contributed by atoms with E-state index in [1.807, 2.05) is 18.5 Å². The van der Waals surface area contributed by atoms with Gasteiger partial charge in [-0.2, -0.15) is 0 Å². The molecule has 100 valence electrons. The molecule has 1 fully saturated rings. The predicted octanol–water partition coefficient (Wildman–Crippen LogP) is 4.09. The Kier molecular flexibility index (Phi) is 5.66. The summed E-state index contributed by atoms with van der Waals surface area (Å²) in [6.07, 6.45) is 13.7. The Morgan fingerprint density at radius 3 is 2.83 bits per heavy atom. The van der Waals surface area contributed by atoms with Crippen molar-refractivity contribution in [1.29, 1.82) is 0 Å². The topological polar surface area (TPSA) is 24.9 Å². The SMILES string of the molecule is CCNC(CCC1CCCCC1)c1cccnc1. The summed E-state index contributed by atoms with van der Waals surface area (Å²) in [4.78, 5) is 4.24. The summed E-state index contributed by atoms with van der Waals surface area (Å²) in [6.45, 7) is 3.22. The van der Waals surface area contributed by atoms with Gasteiger partial charge in [0.05, 0.1) is 0 Å². The fourth-order valence-corrected chi connectivity index (χ4v) is 3.09. The summed E-state index contributed by atoms with van der Waals surface area (Å²) in [5.41, 5.74) is 1.34. The van der Waals surface area contributed by atoms with E-state index in [-0.39, 0.29) is 0 Å². The van der Waals surface area contributed by atoms with Crippen LogP contribution in [0.25, 0.3) is 0 Å². The molecule has 2 rings (SSSR count). The Bertz CT molecular complexity index is 317. The number of aromatic nitrogens is 1. The van der Waals surface area contributed by atoms with Gasteiger partial charge in [0.2, 0.25) is 0 Å². The zero-order valence-corrected chi connectivity index (χ0v) is 11.6. The molecular weight excluding hydrogens is 220 g/mol. The maximum Gasteiger partial charge on any atom is 0.0335 e. The summed E-state index contributed by atoms with van der Waals surface area (Å²) in [7, 11) is 0. The van der Waals surface area contributed by atoms with Crippen LogP contribution in [0.5, 0.6) is 0 Å². The smallest absolute Gasteiger partial charge is 0.0335 e. The van der Waals surface area contributed by atoms with Crippen molar-refractivity contribution in [3.05, 3.63) is 30.1 Å². The lowest BCUT2D eigenvalue weighted by molar-refractivity contribution is 0.315. The minimum absolute atomic E-state index is 0.491. The fourth-order valence-electron chi connectivity index (χ4n) is 3.09. The van der Waals surface area contributed by atoms with Gasteiger partial charge in [-0.1, -0.05) is 45.1 Å². The zero-order chi connectivity index (χ0) is 12.6. The van der Waals surface area contributed by atoms with E-state index in [0.717, 1.165) is 12.5 Å². The second-order valence-electron chi connectivity index (χ2n) is 5.48. The Balaban J connectivity index is 1.86. The summed E-state index contributed by atoms with van der Waals surface area (Å²) in [6, 6.07) is 4.73. The molecule has 1 aromatic rings. The van der Waals surface area contributed by atoms with Crippen molar-refractivity contribution in [3.8, 4) is 0 Å². The van der Waals surface area contributed by atoms with E-state index in [2.05, 4.69) is 23.3 Å². The molecule has 0 saturated heterocycles. The molecule has 0 amide bonds. The maximum atomic E-state index is 4.24. The fraction of sp³-hybridized carbons (Fsp3) is 0.688. The van der Waals surface area contributed by atoms with Crippen LogP contribution in [-0.4, -0.2) is 11.5 Å². The van der Waals surface area contributed by atoms with E-state index in [9.17, 15) is 0 Å². The van der Waals surface area contributed by atoms with Gasteiger partial charge in [0.25, 0.3) is 0 Å². The van der Waals surface area contributed by atoms with Crippen molar-refractivity contribution in [2.45, 2.75) is 57.9 Å². The highest BCUT2D eigenvalue weighted by molar-refractivity contribution is 5.13. The molecule has 1 heterocycles. The molecule has 1 aliphatic carbocycles. The first-order valence-corrected chi connectivity index (χ1v) is 7.53. The van der Waals surface area contributed by atoms with E-state index < -0.39 is 0 Å². The molecule has 1 saturated carbocycles. The molecule has 0 aromatic carbocycles. The van der Waals surface area contributed by atoms with Crippen molar-refractivity contribution >= 4 is 0 Å². The summed E-state index contributed by atoms with van der Waals surface area (Å²) in [5, 5.41) is 3.60. The summed E-state index contributed by atoms with van der Waals surface area (Å²) in [5.74, 6) is 0.969. The standard InChI is InChI=1S/C16H26N2/c1-2-18-16(15-9-6-12-17-13-15)11-10-14-7-4-3-5-8-14/h6,9,12-14,16,18H,2-5,7-8,10-11H2,1H3. The van der Waals surface area contributed by atoms with Crippen molar-refractivity contribution in [2.75, 3.05) is 6.54 Å². The first kappa shape index (κ1) is 13.5. The van der Waals surface area contributed by atoms with Crippen molar-refractivity contribution < 1.29 is 0 Å². The van der Waals surface area contributed by atoms with Gasteiger partial charge in [0, 0.05) is 18.4 Å². The number of rotatable bonds is 6. The van der Waals surface area contributed by atoms with Crippen molar-refractivity contribution in [3.63, 3.8) is 0 Å². The Morgan fingerprint density at radius 2 is 2.17 bits per heavy atom. The highest BCUT2D eigenvalue weighted by atomic mass is 14.9. The molecule has 0 aliphatic heterocycles. The minimum atomic E-state index is 0.491. The molecular formula is C16H26N2. The van der Waals surface area contributed by atoms with Gasteiger partial charge < -0.3 is 5.32 Å². The zero-order valence-electron chi connectivity index (χ0n) is 11.6. The van der Waals surface area contributed by atoms with E-state index in [1.54, 1.807) is 0 Å². The average molecular weight is 246 g/mol. The quantitative estimate of drug-likeness (QED) is 0.817. The molecule has 1 aliphatic rings. The lowest BCUT2D eigenvalue weighted by atomic mass is 9.84. The molecule has 0 radical (unpaired) electrons. The van der Waals surface area contributed by atoms with Gasteiger partial charge in [0.15, 0.2) is 0 Å². The highest BCUT2D eigenvalue weighted by Crippen LogP contribution is 2.30. The predicted molar refractivity (Wildman–Crippen MR) is 76.5 cm³/mol. The van der Waals surface area contributed by atoms with Crippen molar-refractivity contribution in [1.82, 2.24) is 10.3 Å². The van der Waals surface area contributed by atoms with E-state index in [4.69, 9.17) is 0 Å². The molecule has 18 heavy (non-hydrogen) atoms. The molecule has 1 N–H and O–H groups in total. The Labute approximate surface area is 111 Å². The van der Waals surface area contributed by atoms with Crippen LogP contribution in [0.1, 0.15) is 63.5 Å². The number of nitrogens with zero attached hydrogens (tertiary/aromatic N) is 1. The van der Waals surface area contributed by atoms with Crippen LogP contribution in [0, 0.1) is 5.92 Å². The molecule has 2 heteroatoms. The Morgan fingerprint density at radius 1 is 1.33 bits per heavy atom. The molecule has 1 aromatic heterocycles. The lowest BCUT2D eigenvalue weighted by Crippen LogP contribution is -2.22. The first-order valence-electron chi connectivity index (χ1n) is 7.53. The monoisotopic (exact) mass is 246 g/mol. The number of pyridine rings is 1. The Hall–Kier alpha value is -0.890. The largest absolute Gasteiger partial charge is 0.310 e. The summed E-state index contributed by atoms with van der Waals surface area (Å²) >= 11 is 0. The van der Waals surface area contributed by atoms with Crippen LogP contribution >= 0.6 is 0 Å². The number of hydrogen-bond donors (Lipinski definition) is 1. The number of hydrogen-bond acceptors (Lipinski definition) is 2. The lowest BCUT2D eigenvalue weighted by Gasteiger charge is -2.24. The van der Waals surface area contributed by atoms with E-state index >= 15 is 0 Å². The van der Waals surface area contributed by atoms with Crippen LogP contribution < -0.4 is 5.32 Å². The van der Waals surface area contributed by atoms with Crippen LogP contribution in [0.15, 0.2) is 24.5 Å². The molecule has 1 unspecified atom stereocenters. The van der Waals surface area contributed by atoms with Crippen LogP contribution in [0.2, 0.25) is 0 Å². The third-order valence-corrected chi connectivity index (χ3v) is 4.13. The van der Waals surface area contributed by atoms with Crippen LogP contribution in [0.3, 0.4) is 0 Å². The third kappa shape index (κ3) is 4.09. The number of nitrogens with one attached hydrogen (secondary N) is 1. The second kappa shape index (κ2) is 7.52. The maximum absolute atomic E-state index is 4.24. The van der Waals surface area contributed by atoms with Crippen LogP contribution in [-0.2, 0) is 0 Å². The van der Waals surface area contributed by atoms with Gasteiger partial charge in [0.1, 0.15) is 0 Å². The molecule has 0 bridgehead atoms. The third-order valence-electron chi connectivity index (χ3n) is 4.13. The van der Waals surface area contributed by atoms with Crippen LogP contribution in [0.4, 0.5) is 0 Å². The second-order valence-corrected chi connectivity index (χ2v) is 5.48. The summed E-state index contributed by atoms with van der Waals surface area (Å²) < 4.78 is 0. The van der Waals surface area contributed by atoms with Gasteiger partial charge in [-0.15, -0.1) is 0 Å². The van der Waals surface area contributed by atoms with Gasteiger partial charge >= 0.3 is 0 Å². The highest BCUT2D eigenvalue weighted by Gasteiger charge is 2.16. The van der Waals surface area contributed by atoms with Gasteiger partial charge in [-0.25, -0.2) is 0 Å². The van der Waals surface area contributed by atoms with Gasteiger partial charge in [-0.3, -0.25) is 4.98 Å². The van der Waals surface area contributed by atoms with E-state index in [0.29, 0.717) is 6.04 Å². The van der Waals surface area contributed by atoms with Crippen molar-refractivity contribution in [2.24, 2.45) is 5.92 Å². The molecule has 2 nitrogen and oxygen atoms in total.